The summed E-state index contributed by atoms with van der Waals surface area (Å²) >= 11 is 0. The first-order valence-corrected chi connectivity index (χ1v) is 3.61. The maximum absolute atomic E-state index is 5.20. The molecule has 0 amide bonds. The molecular formula is C8H16O. The van der Waals surface area contributed by atoms with Gasteiger partial charge >= 0.3 is 0 Å². The zero-order valence-corrected chi connectivity index (χ0v) is 6.39. The Labute approximate surface area is 57.7 Å². The predicted molar refractivity (Wildman–Crippen MR) is 40.3 cm³/mol. The van der Waals surface area contributed by atoms with Crippen LogP contribution in [-0.2, 0) is 4.74 Å². The van der Waals surface area contributed by atoms with E-state index in [1.54, 1.807) is 0 Å². The van der Waals surface area contributed by atoms with Crippen LogP contribution in [0.1, 0.15) is 33.1 Å². The van der Waals surface area contributed by atoms with E-state index in [1.165, 1.54) is 12.7 Å². The molecule has 0 saturated heterocycles. The maximum Gasteiger partial charge on any atom is 0.0975 e. The fourth-order valence-electron chi connectivity index (χ4n) is 0.826. The van der Waals surface area contributed by atoms with Crippen molar-refractivity contribution < 1.29 is 4.74 Å². The lowest BCUT2D eigenvalue weighted by Gasteiger charge is -2.11. The Hall–Kier alpha value is -0.460. The summed E-state index contributed by atoms with van der Waals surface area (Å²) in [5.74, 6) is 0. The van der Waals surface area contributed by atoms with Gasteiger partial charge in [-0.3, -0.25) is 0 Å². The smallest absolute Gasteiger partial charge is 0.0975 e. The highest BCUT2D eigenvalue weighted by Crippen LogP contribution is 2.05. The van der Waals surface area contributed by atoms with E-state index in [-0.39, 0.29) is 0 Å². The van der Waals surface area contributed by atoms with Gasteiger partial charge in [-0.05, 0) is 12.8 Å². The summed E-state index contributed by atoms with van der Waals surface area (Å²) in [6.07, 6.45) is 5.34. The molecule has 0 fully saturated rings. The molecule has 0 saturated carbocycles. The van der Waals surface area contributed by atoms with Crippen LogP contribution in [-0.4, -0.2) is 6.10 Å². The molecule has 0 bridgehead atoms. The quantitative estimate of drug-likeness (QED) is 0.517. The second-order valence-electron chi connectivity index (χ2n) is 2.12. The molecule has 0 aliphatic rings. The van der Waals surface area contributed by atoms with Crippen LogP contribution in [0.3, 0.4) is 0 Å². The van der Waals surface area contributed by atoms with E-state index in [2.05, 4.69) is 20.4 Å². The van der Waals surface area contributed by atoms with Crippen LogP contribution in [0.5, 0.6) is 0 Å². The summed E-state index contributed by atoms with van der Waals surface area (Å²) in [5.41, 5.74) is 0. The largest absolute Gasteiger partial charge is 0.499 e. The van der Waals surface area contributed by atoms with Crippen molar-refractivity contribution in [1.29, 1.82) is 0 Å². The summed E-state index contributed by atoms with van der Waals surface area (Å²) in [6, 6.07) is 0. The lowest BCUT2D eigenvalue weighted by atomic mass is 10.2. The van der Waals surface area contributed by atoms with Gasteiger partial charge in [-0.2, -0.15) is 0 Å². The van der Waals surface area contributed by atoms with Crippen molar-refractivity contribution >= 4 is 0 Å². The molecular weight excluding hydrogens is 112 g/mol. The zero-order chi connectivity index (χ0) is 7.11. The average Bonchev–Trinajstić information content (AvgIpc) is 1.88. The van der Waals surface area contributed by atoms with Crippen molar-refractivity contribution in [1.82, 2.24) is 0 Å². The Balaban J connectivity index is 3.28. The van der Waals surface area contributed by atoms with Gasteiger partial charge in [0, 0.05) is 0 Å². The lowest BCUT2D eigenvalue weighted by Crippen LogP contribution is -2.06. The molecule has 1 nitrogen and oxygen atoms in total. The highest BCUT2D eigenvalue weighted by atomic mass is 16.5. The Morgan fingerprint density at radius 3 is 2.56 bits per heavy atom. The molecule has 0 heterocycles. The second kappa shape index (κ2) is 5.67. The number of ether oxygens (including phenoxy) is 1. The summed E-state index contributed by atoms with van der Waals surface area (Å²) in [5, 5.41) is 0. The van der Waals surface area contributed by atoms with E-state index in [9.17, 15) is 0 Å². The van der Waals surface area contributed by atoms with Gasteiger partial charge < -0.3 is 4.74 Å². The Bertz CT molecular complexity index is 69.0. The Kier molecular flexibility index (Phi) is 5.38. The van der Waals surface area contributed by atoms with Crippen molar-refractivity contribution in [3.63, 3.8) is 0 Å². The van der Waals surface area contributed by atoms with E-state index < -0.39 is 0 Å². The number of rotatable bonds is 5. The van der Waals surface area contributed by atoms with Crippen LogP contribution < -0.4 is 0 Å². The minimum atomic E-state index is 0.396. The molecule has 1 unspecified atom stereocenters. The van der Waals surface area contributed by atoms with Gasteiger partial charge in [0.25, 0.3) is 0 Å². The first-order chi connectivity index (χ1) is 4.35. The summed E-state index contributed by atoms with van der Waals surface area (Å²) in [4.78, 5) is 0. The molecule has 0 spiro atoms. The van der Waals surface area contributed by atoms with Gasteiger partial charge in [0.15, 0.2) is 0 Å². The summed E-state index contributed by atoms with van der Waals surface area (Å²) in [7, 11) is 0. The Morgan fingerprint density at radius 1 is 1.56 bits per heavy atom. The minimum absolute atomic E-state index is 0.396. The second-order valence-corrected chi connectivity index (χ2v) is 2.12. The molecule has 0 aromatic heterocycles. The molecule has 0 aromatic carbocycles. The van der Waals surface area contributed by atoms with Crippen LogP contribution in [0.2, 0.25) is 0 Å². The average molecular weight is 128 g/mol. The highest BCUT2D eigenvalue weighted by Gasteiger charge is 2.00. The third-order valence-electron chi connectivity index (χ3n) is 1.35. The fourth-order valence-corrected chi connectivity index (χ4v) is 0.826. The third-order valence-corrected chi connectivity index (χ3v) is 1.35. The molecule has 9 heavy (non-hydrogen) atoms. The minimum Gasteiger partial charge on any atom is -0.499 e. The van der Waals surface area contributed by atoms with Crippen LogP contribution in [0.25, 0.3) is 0 Å². The van der Waals surface area contributed by atoms with E-state index in [0.717, 1.165) is 12.8 Å². The molecule has 0 rings (SSSR count). The Morgan fingerprint density at radius 2 is 2.22 bits per heavy atom. The monoisotopic (exact) mass is 128 g/mol. The maximum atomic E-state index is 5.20. The van der Waals surface area contributed by atoms with Crippen molar-refractivity contribution in [2.24, 2.45) is 0 Å². The molecule has 0 radical (unpaired) electrons. The topological polar surface area (TPSA) is 9.23 Å². The fraction of sp³-hybridized carbons (Fsp3) is 0.750. The normalized spacial score (nSPS) is 12.7. The van der Waals surface area contributed by atoms with Gasteiger partial charge in [0.2, 0.25) is 0 Å². The van der Waals surface area contributed by atoms with Crippen LogP contribution in [0.15, 0.2) is 12.8 Å². The van der Waals surface area contributed by atoms with Gasteiger partial charge in [-0.1, -0.05) is 26.8 Å². The molecule has 1 atom stereocenters. The van der Waals surface area contributed by atoms with Crippen molar-refractivity contribution in [3.8, 4) is 0 Å². The standard InChI is InChI=1S/C8H16O/c1-4-7-8(5-2)9-6-3/h6,8H,3-5,7H2,1-2H3. The molecule has 0 aliphatic heterocycles. The van der Waals surface area contributed by atoms with E-state index in [1.807, 2.05) is 0 Å². The molecule has 0 N–H and O–H groups in total. The molecule has 54 valence electrons. The molecule has 1 heteroatoms. The molecule has 0 aliphatic carbocycles. The summed E-state index contributed by atoms with van der Waals surface area (Å²) < 4.78 is 5.20. The highest BCUT2D eigenvalue weighted by molar-refractivity contribution is 4.59. The zero-order valence-electron chi connectivity index (χ0n) is 6.39. The van der Waals surface area contributed by atoms with Gasteiger partial charge in [0.1, 0.15) is 0 Å². The van der Waals surface area contributed by atoms with Gasteiger partial charge in [0.05, 0.1) is 12.4 Å². The molecule has 0 aromatic rings. The van der Waals surface area contributed by atoms with Gasteiger partial charge in [-0.25, -0.2) is 0 Å². The van der Waals surface area contributed by atoms with Crippen molar-refractivity contribution in [2.45, 2.75) is 39.2 Å². The van der Waals surface area contributed by atoms with Crippen molar-refractivity contribution in [3.05, 3.63) is 12.8 Å². The number of hydrogen-bond acceptors (Lipinski definition) is 1. The van der Waals surface area contributed by atoms with Crippen LogP contribution >= 0.6 is 0 Å². The third kappa shape index (κ3) is 4.07. The first kappa shape index (κ1) is 8.54. The lowest BCUT2D eigenvalue weighted by molar-refractivity contribution is 0.132. The van der Waals surface area contributed by atoms with E-state index in [4.69, 9.17) is 4.74 Å². The predicted octanol–water partition coefficient (Wildman–Crippen LogP) is 2.73. The van der Waals surface area contributed by atoms with Gasteiger partial charge in [-0.15, -0.1) is 0 Å². The summed E-state index contributed by atoms with van der Waals surface area (Å²) in [6.45, 7) is 7.80. The first-order valence-electron chi connectivity index (χ1n) is 3.61. The van der Waals surface area contributed by atoms with Crippen LogP contribution in [0.4, 0.5) is 0 Å². The van der Waals surface area contributed by atoms with E-state index in [0.29, 0.717) is 6.10 Å². The number of hydrogen-bond donors (Lipinski definition) is 0. The SMILES string of the molecule is C=COC(CC)CCC. The van der Waals surface area contributed by atoms with Crippen molar-refractivity contribution in [2.75, 3.05) is 0 Å². The van der Waals surface area contributed by atoms with E-state index >= 15 is 0 Å². The van der Waals surface area contributed by atoms with Crippen LogP contribution in [0, 0.1) is 0 Å².